The Morgan fingerprint density at radius 2 is 2.05 bits per heavy atom. The number of hydrogen-bond donors (Lipinski definition) is 1. The van der Waals surface area contributed by atoms with E-state index in [1.54, 1.807) is 6.07 Å². The summed E-state index contributed by atoms with van der Waals surface area (Å²) in [7, 11) is 0. The molecule has 1 aromatic carbocycles. The van der Waals surface area contributed by atoms with Crippen molar-refractivity contribution in [2.45, 2.75) is 33.6 Å². The Kier molecular flexibility index (Phi) is 4.25. The Morgan fingerprint density at radius 1 is 1.32 bits per heavy atom. The number of fused-ring (bicyclic) bond motifs is 1. The number of aryl methyl sites for hydroxylation is 1. The van der Waals surface area contributed by atoms with Crippen LogP contribution < -0.4 is 5.32 Å². The van der Waals surface area contributed by atoms with E-state index in [4.69, 9.17) is 11.6 Å². The van der Waals surface area contributed by atoms with E-state index in [9.17, 15) is 4.39 Å². The lowest BCUT2D eigenvalue weighted by molar-refractivity contribution is 0.636. The first kappa shape index (κ1) is 14.1. The minimum atomic E-state index is -0.364. The van der Waals surface area contributed by atoms with Gasteiger partial charge in [-0.1, -0.05) is 25.4 Å². The number of nitrogens with zero attached hydrogens (tertiary/aromatic N) is 1. The summed E-state index contributed by atoms with van der Waals surface area (Å²) in [4.78, 5) is 4.43. The third-order valence-corrected chi connectivity index (χ3v) is 3.46. The maximum Gasteiger partial charge on any atom is 0.150 e. The van der Waals surface area contributed by atoms with Crippen LogP contribution >= 0.6 is 11.6 Å². The Balaban J connectivity index is 2.75. The molecular weight excluding hydrogens is 263 g/mol. The third kappa shape index (κ3) is 2.66. The molecular formula is C15H18ClFN2. The van der Waals surface area contributed by atoms with Crippen LogP contribution in [-0.2, 0) is 6.42 Å². The highest BCUT2D eigenvalue weighted by Crippen LogP contribution is 2.32. The predicted molar refractivity (Wildman–Crippen MR) is 79.6 cm³/mol. The second kappa shape index (κ2) is 5.74. The molecule has 0 bridgehead atoms. The number of anilines is 1. The van der Waals surface area contributed by atoms with E-state index < -0.39 is 0 Å². The van der Waals surface area contributed by atoms with E-state index in [1.165, 1.54) is 6.07 Å². The molecule has 2 aromatic rings. The van der Waals surface area contributed by atoms with Gasteiger partial charge in [0.25, 0.3) is 0 Å². The molecule has 0 fully saturated rings. The van der Waals surface area contributed by atoms with Gasteiger partial charge in [-0.25, -0.2) is 9.37 Å². The highest BCUT2D eigenvalue weighted by Gasteiger charge is 2.14. The molecule has 4 heteroatoms. The van der Waals surface area contributed by atoms with E-state index in [0.29, 0.717) is 10.5 Å². The zero-order valence-corrected chi connectivity index (χ0v) is 12.2. The average Bonchev–Trinajstić information content (AvgIpc) is 2.37. The summed E-state index contributed by atoms with van der Waals surface area (Å²) in [6, 6.07) is 3.09. The summed E-state index contributed by atoms with van der Waals surface area (Å²) in [6.45, 7) is 6.98. The zero-order chi connectivity index (χ0) is 14.0. The highest BCUT2D eigenvalue weighted by atomic mass is 35.5. The van der Waals surface area contributed by atoms with Crippen molar-refractivity contribution in [3.8, 4) is 0 Å². The average molecular weight is 281 g/mol. The van der Waals surface area contributed by atoms with Crippen molar-refractivity contribution in [3.63, 3.8) is 0 Å². The molecule has 0 amide bonds. The summed E-state index contributed by atoms with van der Waals surface area (Å²) in [5.41, 5.74) is 3.34. The number of aromatic nitrogens is 1. The maximum absolute atomic E-state index is 14.0. The van der Waals surface area contributed by atoms with Gasteiger partial charge in [0.15, 0.2) is 5.82 Å². The third-order valence-electron chi connectivity index (χ3n) is 3.24. The summed E-state index contributed by atoms with van der Waals surface area (Å²) >= 11 is 5.96. The molecule has 0 aliphatic carbocycles. The molecule has 0 saturated heterocycles. The van der Waals surface area contributed by atoms with Crippen molar-refractivity contribution in [2.24, 2.45) is 0 Å². The molecule has 1 heterocycles. The van der Waals surface area contributed by atoms with Crippen LogP contribution in [0.25, 0.3) is 10.9 Å². The van der Waals surface area contributed by atoms with Crippen molar-refractivity contribution in [3.05, 3.63) is 34.2 Å². The number of nitrogens with one attached hydrogen (secondary N) is 1. The van der Waals surface area contributed by atoms with Gasteiger partial charge in [0.05, 0.1) is 0 Å². The minimum absolute atomic E-state index is 0.364. The van der Waals surface area contributed by atoms with Gasteiger partial charge in [0.2, 0.25) is 0 Å². The number of rotatable bonds is 4. The molecule has 2 nitrogen and oxygen atoms in total. The largest absolute Gasteiger partial charge is 0.384 e. The first-order chi connectivity index (χ1) is 9.08. The standard InChI is InChI=1S/C15H18ClFN2/c1-4-6-18-14-9(3)13(5-2)19-15-11(14)7-10(16)8-12(15)17/h7-8H,4-6H2,1-3H3,(H,18,19). The molecule has 19 heavy (non-hydrogen) atoms. The smallest absolute Gasteiger partial charge is 0.150 e. The topological polar surface area (TPSA) is 24.9 Å². The predicted octanol–water partition coefficient (Wildman–Crippen LogP) is 4.72. The SMILES string of the molecule is CCCNc1c(C)c(CC)nc2c(F)cc(Cl)cc12. The number of benzene rings is 1. The van der Waals surface area contributed by atoms with E-state index in [0.717, 1.165) is 41.7 Å². The molecule has 2 rings (SSSR count). The number of pyridine rings is 1. The van der Waals surface area contributed by atoms with Gasteiger partial charge in [-0.2, -0.15) is 0 Å². The van der Waals surface area contributed by atoms with Gasteiger partial charge < -0.3 is 5.32 Å². The Hall–Kier alpha value is -1.35. The first-order valence-corrected chi connectivity index (χ1v) is 6.98. The van der Waals surface area contributed by atoms with Crippen molar-refractivity contribution in [2.75, 3.05) is 11.9 Å². The molecule has 1 aromatic heterocycles. The van der Waals surface area contributed by atoms with Gasteiger partial charge in [-0.15, -0.1) is 0 Å². The molecule has 0 spiro atoms. The molecule has 0 atom stereocenters. The summed E-state index contributed by atoms with van der Waals surface area (Å²) in [5, 5.41) is 4.53. The summed E-state index contributed by atoms with van der Waals surface area (Å²) < 4.78 is 14.0. The monoisotopic (exact) mass is 280 g/mol. The van der Waals surface area contributed by atoms with Crippen LogP contribution in [-0.4, -0.2) is 11.5 Å². The first-order valence-electron chi connectivity index (χ1n) is 6.60. The summed E-state index contributed by atoms with van der Waals surface area (Å²) in [5.74, 6) is -0.364. The second-order valence-corrected chi connectivity index (χ2v) is 5.06. The molecule has 0 unspecified atom stereocenters. The van der Waals surface area contributed by atoms with E-state index in [-0.39, 0.29) is 5.82 Å². The minimum Gasteiger partial charge on any atom is -0.384 e. The molecule has 0 saturated carbocycles. The van der Waals surface area contributed by atoms with E-state index in [1.807, 2.05) is 13.8 Å². The van der Waals surface area contributed by atoms with Crippen LogP contribution in [0.3, 0.4) is 0 Å². The highest BCUT2D eigenvalue weighted by molar-refractivity contribution is 6.31. The molecule has 0 aliphatic rings. The fraction of sp³-hybridized carbons (Fsp3) is 0.400. The van der Waals surface area contributed by atoms with Crippen LogP contribution in [0.5, 0.6) is 0 Å². The van der Waals surface area contributed by atoms with E-state index >= 15 is 0 Å². The second-order valence-electron chi connectivity index (χ2n) is 4.62. The Bertz CT molecular complexity index is 611. The number of halogens is 2. The fourth-order valence-corrected chi connectivity index (χ4v) is 2.46. The normalized spacial score (nSPS) is 11.0. The van der Waals surface area contributed by atoms with Gasteiger partial charge in [0, 0.05) is 28.3 Å². The van der Waals surface area contributed by atoms with Crippen molar-refractivity contribution >= 4 is 28.2 Å². The molecule has 0 radical (unpaired) electrons. The van der Waals surface area contributed by atoms with Crippen LogP contribution in [0.2, 0.25) is 5.02 Å². The van der Waals surface area contributed by atoms with Crippen LogP contribution in [0.15, 0.2) is 12.1 Å². The lowest BCUT2D eigenvalue weighted by Crippen LogP contribution is -2.06. The van der Waals surface area contributed by atoms with Gasteiger partial charge in [0.1, 0.15) is 5.52 Å². The van der Waals surface area contributed by atoms with Crippen LogP contribution in [0.1, 0.15) is 31.5 Å². The van der Waals surface area contributed by atoms with Crippen LogP contribution in [0, 0.1) is 12.7 Å². The number of hydrogen-bond acceptors (Lipinski definition) is 2. The summed E-state index contributed by atoms with van der Waals surface area (Å²) in [6.07, 6.45) is 1.79. The van der Waals surface area contributed by atoms with Gasteiger partial charge >= 0.3 is 0 Å². The molecule has 1 N–H and O–H groups in total. The lowest BCUT2D eigenvalue weighted by atomic mass is 10.0. The van der Waals surface area contributed by atoms with Crippen molar-refractivity contribution in [1.29, 1.82) is 0 Å². The van der Waals surface area contributed by atoms with E-state index in [2.05, 4.69) is 17.2 Å². The Labute approximate surface area is 118 Å². The molecule has 102 valence electrons. The van der Waals surface area contributed by atoms with Crippen molar-refractivity contribution in [1.82, 2.24) is 4.98 Å². The Morgan fingerprint density at radius 3 is 2.68 bits per heavy atom. The zero-order valence-electron chi connectivity index (χ0n) is 11.5. The lowest BCUT2D eigenvalue weighted by Gasteiger charge is -2.15. The quantitative estimate of drug-likeness (QED) is 0.876. The molecule has 0 aliphatic heterocycles. The van der Waals surface area contributed by atoms with Gasteiger partial charge in [-0.3, -0.25) is 0 Å². The fourth-order valence-electron chi connectivity index (χ4n) is 2.26. The maximum atomic E-state index is 14.0. The van der Waals surface area contributed by atoms with Crippen LogP contribution in [0.4, 0.5) is 10.1 Å². The van der Waals surface area contributed by atoms with Crippen molar-refractivity contribution < 1.29 is 4.39 Å². The van der Waals surface area contributed by atoms with Gasteiger partial charge in [-0.05, 0) is 37.5 Å².